The second-order valence-corrected chi connectivity index (χ2v) is 3.37. The van der Waals surface area contributed by atoms with E-state index in [-0.39, 0.29) is 0 Å². The van der Waals surface area contributed by atoms with Gasteiger partial charge in [-0.1, -0.05) is 0 Å². The summed E-state index contributed by atoms with van der Waals surface area (Å²) in [6, 6.07) is 3.96. The zero-order chi connectivity index (χ0) is 10.7. The molecule has 0 aromatic carbocycles. The van der Waals surface area contributed by atoms with E-state index in [0.29, 0.717) is 0 Å². The van der Waals surface area contributed by atoms with E-state index in [2.05, 4.69) is 22.4 Å². The van der Waals surface area contributed by atoms with Crippen molar-refractivity contribution in [3.05, 3.63) is 30.2 Å². The van der Waals surface area contributed by atoms with Crippen molar-refractivity contribution in [2.45, 2.75) is 20.0 Å². The number of nitrogens with one attached hydrogen (secondary N) is 1. The molecule has 2 heterocycles. The molecule has 0 saturated carbocycles. The quantitative estimate of drug-likeness (QED) is 0.817. The molecule has 0 aliphatic carbocycles. The van der Waals surface area contributed by atoms with Gasteiger partial charge in [-0.15, -0.1) is 0 Å². The van der Waals surface area contributed by atoms with Crippen molar-refractivity contribution in [2.24, 2.45) is 7.05 Å². The van der Waals surface area contributed by atoms with E-state index in [4.69, 9.17) is 0 Å². The zero-order valence-corrected chi connectivity index (χ0v) is 9.01. The molecule has 5 heteroatoms. The largest absolute Gasteiger partial charge is 0.363 e. The summed E-state index contributed by atoms with van der Waals surface area (Å²) < 4.78 is 3.75. The zero-order valence-electron chi connectivity index (χ0n) is 9.01. The Labute approximate surface area is 88.7 Å². The number of hydrogen-bond donors (Lipinski definition) is 1. The smallest absolute Gasteiger partial charge is 0.148 e. The van der Waals surface area contributed by atoms with Crippen molar-refractivity contribution in [3.8, 4) is 0 Å². The van der Waals surface area contributed by atoms with Crippen LogP contribution in [-0.4, -0.2) is 19.6 Å². The SMILES string of the molecule is CCn1nccc1CNc1ccn(C)n1. The highest BCUT2D eigenvalue weighted by molar-refractivity contribution is 5.32. The summed E-state index contributed by atoms with van der Waals surface area (Å²) >= 11 is 0. The minimum Gasteiger partial charge on any atom is -0.363 e. The van der Waals surface area contributed by atoms with E-state index in [0.717, 1.165) is 18.9 Å². The average Bonchev–Trinajstić information content (AvgIpc) is 2.83. The highest BCUT2D eigenvalue weighted by Gasteiger charge is 2.01. The second-order valence-electron chi connectivity index (χ2n) is 3.37. The fraction of sp³-hybridized carbons (Fsp3) is 0.400. The van der Waals surface area contributed by atoms with Crippen molar-refractivity contribution < 1.29 is 0 Å². The van der Waals surface area contributed by atoms with E-state index in [1.807, 2.05) is 36.3 Å². The molecule has 5 nitrogen and oxygen atoms in total. The molecule has 15 heavy (non-hydrogen) atoms. The van der Waals surface area contributed by atoms with Gasteiger partial charge in [-0.25, -0.2) is 0 Å². The summed E-state index contributed by atoms with van der Waals surface area (Å²) in [4.78, 5) is 0. The lowest BCUT2D eigenvalue weighted by Gasteiger charge is -2.05. The molecular formula is C10H15N5. The molecule has 0 radical (unpaired) electrons. The van der Waals surface area contributed by atoms with Gasteiger partial charge in [0, 0.05) is 32.1 Å². The van der Waals surface area contributed by atoms with Crippen LogP contribution in [0.2, 0.25) is 0 Å². The molecule has 0 bridgehead atoms. The van der Waals surface area contributed by atoms with Gasteiger partial charge in [0.05, 0.1) is 12.2 Å². The summed E-state index contributed by atoms with van der Waals surface area (Å²) in [7, 11) is 1.90. The van der Waals surface area contributed by atoms with Crippen LogP contribution in [0.15, 0.2) is 24.5 Å². The second kappa shape index (κ2) is 4.16. The van der Waals surface area contributed by atoms with Crippen LogP contribution in [0.4, 0.5) is 5.82 Å². The lowest BCUT2D eigenvalue weighted by molar-refractivity contribution is 0.627. The van der Waals surface area contributed by atoms with Crippen LogP contribution in [-0.2, 0) is 20.1 Å². The topological polar surface area (TPSA) is 47.7 Å². The summed E-state index contributed by atoms with van der Waals surface area (Å²) in [6.45, 7) is 3.73. The Hall–Kier alpha value is -1.78. The molecule has 0 saturated heterocycles. The van der Waals surface area contributed by atoms with Gasteiger partial charge in [-0.05, 0) is 13.0 Å². The van der Waals surface area contributed by atoms with Crippen LogP contribution in [0.3, 0.4) is 0 Å². The Bertz CT molecular complexity index is 428. The van der Waals surface area contributed by atoms with Gasteiger partial charge < -0.3 is 5.32 Å². The number of hydrogen-bond acceptors (Lipinski definition) is 3. The Morgan fingerprint density at radius 2 is 2.27 bits per heavy atom. The maximum Gasteiger partial charge on any atom is 0.148 e. The first-order chi connectivity index (χ1) is 7.29. The molecule has 1 N–H and O–H groups in total. The van der Waals surface area contributed by atoms with Gasteiger partial charge in [-0.3, -0.25) is 9.36 Å². The average molecular weight is 205 g/mol. The van der Waals surface area contributed by atoms with E-state index in [9.17, 15) is 0 Å². The van der Waals surface area contributed by atoms with Crippen molar-refractivity contribution in [3.63, 3.8) is 0 Å². The molecule has 2 rings (SSSR count). The summed E-state index contributed by atoms with van der Waals surface area (Å²) in [5.41, 5.74) is 1.17. The third-order valence-corrected chi connectivity index (χ3v) is 2.27. The minimum atomic E-state index is 0.755. The van der Waals surface area contributed by atoms with Gasteiger partial charge in [0.1, 0.15) is 5.82 Å². The molecule has 0 atom stereocenters. The predicted octanol–water partition coefficient (Wildman–Crippen LogP) is 1.25. The van der Waals surface area contributed by atoms with Crippen LogP contribution in [0.1, 0.15) is 12.6 Å². The highest BCUT2D eigenvalue weighted by Crippen LogP contribution is 2.05. The van der Waals surface area contributed by atoms with Gasteiger partial charge in [-0.2, -0.15) is 10.2 Å². The first kappa shape index (κ1) is 9.76. The molecule has 0 spiro atoms. The molecule has 2 aromatic heterocycles. The number of rotatable bonds is 4. The molecule has 0 aliphatic heterocycles. The minimum absolute atomic E-state index is 0.755. The van der Waals surface area contributed by atoms with Crippen LogP contribution in [0.25, 0.3) is 0 Å². The Morgan fingerprint density at radius 3 is 2.93 bits per heavy atom. The molecule has 0 fully saturated rings. The standard InChI is InChI=1S/C10H15N5/c1-3-15-9(4-6-12-15)8-11-10-5-7-14(2)13-10/h4-7H,3,8H2,1-2H3,(H,11,13). The van der Waals surface area contributed by atoms with E-state index >= 15 is 0 Å². The Kier molecular flexibility index (Phi) is 2.71. The van der Waals surface area contributed by atoms with Gasteiger partial charge in [0.2, 0.25) is 0 Å². The number of aryl methyl sites for hydroxylation is 2. The maximum atomic E-state index is 4.24. The van der Waals surface area contributed by atoms with Crippen LogP contribution in [0, 0.1) is 0 Å². The predicted molar refractivity (Wildman–Crippen MR) is 58.4 cm³/mol. The van der Waals surface area contributed by atoms with Crippen LogP contribution < -0.4 is 5.32 Å². The van der Waals surface area contributed by atoms with Crippen LogP contribution >= 0.6 is 0 Å². The number of anilines is 1. The van der Waals surface area contributed by atoms with Crippen molar-refractivity contribution >= 4 is 5.82 Å². The summed E-state index contributed by atoms with van der Waals surface area (Å²) in [5, 5.41) is 11.7. The summed E-state index contributed by atoms with van der Waals surface area (Å²) in [5.74, 6) is 0.890. The molecule has 0 unspecified atom stereocenters. The fourth-order valence-electron chi connectivity index (χ4n) is 1.49. The maximum absolute atomic E-state index is 4.24. The van der Waals surface area contributed by atoms with Gasteiger partial charge in [0.25, 0.3) is 0 Å². The Balaban J connectivity index is 1.98. The monoisotopic (exact) mass is 205 g/mol. The van der Waals surface area contributed by atoms with E-state index < -0.39 is 0 Å². The first-order valence-electron chi connectivity index (χ1n) is 5.04. The van der Waals surface area contributed by atoms with Crippen LogP contribution in [0.5, 0.6) is 0 Å². The molecule has 0 aliphatic rings. The molecular weight excluding hydrogens is 190 g/mol. The number of nitrogens with zero attached hydrogens (tertiary/aromatic N) is 4. The third kappa shape index (κ3) is 2.18. The lowest BCUT2D eigenvalue weighted by atomic mass is 10.4. The van der Waals surface area contributed by atoms with Gasteiger partial charge in [0.15, 0.2) is 0 Å². The molecule has 80 valence electrons. The van der Waals surface area contributed by atoms with Crippen molar-refractivity contribution in [1.29, 1.82) is 0 Å². The van der Waals surface area contributed by atoms with E-state index in [1.54, 1.807) is 4.68 Å². The van der Waals surface area contributed by atoms with Crippen molar-refractivity contribution in [1.82, 2.24) is 19.6 Å². The Morgan fingerprint density at radius 1 is 1.40 bits per heavy atom. The molecule has 0 amide bonds. The van der Waals surface area contributed by atoms with Crippen molar-refractivity contribution in [2.75, 3.05) is 5.32 Å². The molecule has 2 aromatic rings. The first-order valence-corrected chi connectivity index (χ1v) is 5.04. The number of aromatic nitrogens is 4. The lowest BCUT2D eigenvalue weighted by Crippen LogP contribution is -2.08. The normalized spacial score (nSPS) is 10.5. The third-order valence-electron chi connectivity index (χ3n) is 2.27. The fourth-order valence-corrected chi connectivity index (χ4v) is 1.49. The summed E-state index contributed by atoms with van der Waals surface area (Å²) in [6.07, 6.45) is 3.73. The highest BCUT2D eigenvalue weighted by atomic mass is 15.3. The van der Waals surface area contributed by atoms with E-state index in [1.165, 1.54) is 5.69 Å². The van der Waals surface area contributed by atoms with Gasteiger partial charge >= 0.3 is 0 Å².